The molecule has 0 aromatic heterocycles. The fourth-order valence-corrected chi connectivity index (χ4v) is 2.04. The van der Waals surface area contributed by atoms with Crippen LogP contribution in [-0.2, 0) is 16.0 Å². The largest absolute Gasteiger partial charge is 0.474 e. The molecule has 0 spiro atoms. The van der Waals surface area contributed by atoms with Crippen LogP contribution in [0.25, 0.3) is 0 Å². The van der Waals surface area contributed by atoms with Crippen molar-refractivity contribution in [3.63, 3.8) is 0 Å². The van der Waals surface area contributed by atoms with E-state index in [9.17, 15) is 4.79 Å². The molecule has 0 saturated heterocycles. The van der Waals surface area contributed by atoms with Crippen LogP contribution in [0.15, 0.2) is 54.6 Å². The van der Waals surface area contributed by atoms with E-state index in [1.54, 1.807) is 6.92 Å². The van der Waals surface area contributed by atoms with Gasteiger partial charge in [0.1, 0.15) is 5.75 Å². The molecule has 2 rings (SSSR count). The third-order valence-electron chi connectivity index (χ3n) is 3.19. The van der Waals surface area contributed by atoms with Gasteiger partial charge in [0.15, 0.2) is 0 Å². The molecule has 3 heteroatoms. The fourth-order valence-electron chi connectivity index (χ4n) is 2.04. The van der Waals surface area contributed by atoms with Crippen molar-refractivity contribution < 1.29 is 14.3 Å². The van der Waals surface area contributed by atoms with E-state index in [0.29, 0.717) is 12.4 Å². The van der Waals surface area contributed by atoms with Crippen molar-refractivity contribution in [1.82, 2.24) is 0 Å². The molecule has 21 heavy (non-hydrogen) atoms. The molecule has 0 heterocycles. The van der Waals surface area contributed by atoms with E-state index in [-0.39, 0.29) is 5.97 Å². The van der Waals surface area contributed by atoms with E-state index in [1.165, 1.54) is 5.56 Å². The summed E-state index contributed by atoms with van der Waals surface area (Å²) >= 11 is 0. The first-order chi connectivity index (χ1) is 10.2. The molecule has 0 saturated carbocycles. The standard InChI is InChI=1S/C18H20O3/c1-3-14-10-12-16(13-11-14)21-17(18(19)20-4-2)15-8-6-5-7-9-15/h5-13,17H,3-4H2,1-2H3. The van der Waals surface area contributed by atoms with E-state index in [4.69, 9.17) is 9.47 Å². The predicted molar refractivity (Wildman–Crippen MR) is 82.3 cm³/mol. The number of carbonyl (C=O) groups is 1. The highest BCUT2D eigenvalue weighted by atomic mass is 16.6. The highest BCUT2D eigenvalue weighted by Crippen LogP contribution is 2.23. The summed E-state index contributed by atoms with van der Waals surface area (Å²) in [6.45, 7) is 4.22. The van der Waals surface area contributed by atoms with Gasteiger partial charge in [-0.2, -0.15) is 0 Å². The minimum Gasteiger partial charge on any atom is -0.474 e. The molecule has 0 N–H and O–H groups in total. The Labute approximate surface area is 125 Å². The van der Waals surface area contributed by atoms with Gasteiger partial charge in [-0.25, -0.2) is 4.79 Å². The Kier molecular flexibility index (Phi) is 5.38. The van der Waals surface area contributed by atoms with Crippen LogP contribution in [0.1, 0.15) is 31.1 Å². The topological polar surface area (TPSA) is 35.5 Å². The van der Waals surface area contributed by atoms with Crippen LogP contribution in [0.4, 0.5) is 0 Å². The molecule has 2 aromatic rings. The summed E-state index contributed by atoms with van der Waals surface area (Å²) in [7, 11) is 0. The van der Waals surface area contributed by atoms with Crippen molar-refractivity contribution in [1.29, 1.82) is 0 Å². The van der Waals surface area contributed by atoms with Gasteiger partial charge in [0.25, 0.3) is 0 Å². The number of carbonyl (C=O) groups excluding carboxylic acids is 1. The Morgan fingerprint density at radius 3 is 2.24 bits per heavy atom. The molecular weight excluding hydrogens is 264 g/mol. The van der Waals surface area contributed by atoms with Crippen molar-refractivity contribution in [2.75, 3.05) is 6.61 Å². The zero-order valence-electron chi connectivity index (χ0n) is 12.4. The van der Waals surface area contributed by atoms with Gasteiger partial charge in [0.05, 0.1) is 6.61 Å². The van der Waals surface area contributed by atoms with Gasteiger partial charge in [0.2, 0.25) is 6.10 Å². The van der Waals surface area contributed by atoms with E-state index < -0.39 is 6.10 Å². The van der Waals surface area contributed by atoms with Crippen LogP contribution in [0.3, 0.4) is 0 Å². The Balaban J connectivity index is 2.21. The maximum atomic E-state index is 12.1. The molecule has 1 unspecified atom stereocenters. The predicted octanol–water partition coefficient (Wildman–Crippen LogP) is 3.93. The van der Waals surface area contributed by atoms with Crippen LogP contribution in [0.2, 0.25) is 0 Å². The molecule has 110 valence electrons. The van der Waals surface area contributed by atoms with E-state index in [0.717, 1.165) is 12.0 Å². The number of rotatable bonds is 6. The van der Waals surface area contributed by atoms with E-state index >= 15 is 0 Å². The van der Waals surface area contributed by atoms with Crippen molar-refractivity contribution in [2.45, 2.75) is 26.4 Å². The van der Waals surface area contributed by atoms with Crippen LogP contribution >= 0.6 is 0 Å². The lowest BCUT2D eigenvalue weighted by Gasteiger charge is -2.18. The second kappa shape index (κ2) is 7.48. The maximum Gasteiger partial charge on any atom is 0.352 e. The fraction of sp³-hybridized carbons (Fsp3) is 0.278. The second-order valence-electron chi connectivity index (χ2n) is 4.66. The third-order valence-corrected chi connectivity index (χ3v) is 3.19. The summed E-state index contributed by atoms with van der Waals surface area (Å²) in [6, 6.07) is 17.2. The Morgan fingerprint density at radius 2 is 1.67 bits per heavy atom. The normalized spacial score (nSPS) is 11.7. The first-order valence-electron chi connectivity index (χ1n) is 7.21. The molecule has 0 aliphatic rings. The molecule has 1 atom stereocenters. The lowest BCUT2D eigenvalue weighted by Crippen LogP contribution is -2.21. The Hall–Kier alpha value is -2.29. The summed E-state index contributed by atoms with van der Waals surface area (Å²) in [5.74, 6) is 0.289. The number of hydrogen-bond donors (Lipinski definition) is 0. The Bertz CT molecular complexity index is 561. The molecule has 0 aliphatic carbocycles. The summed E-state index contributed by atoms with van der Waals surface area (Å²) in [5.41, 5.74) is 2.02. The number of hydrogen-bond acceptors (Lipinski definition) is 3. The highest BCUT2D eigenvalue weighted by molar-refractivity contribution is 5.77. The molecule has 2 aromatic carbocycles. The first kappa shape index (κ1) is 15.1. The zero-order valence-corrected chi connectivity index (χ0v) is 12.4. The summed E-state index contributed by atoms with van der Waals surface area (Å²) < 4.78 is 11.0. The van der Waals surface area contributed by atoms with Crippen molar-refractivity contribution in [3.05, 3.63) is 65.7 Å². The average Bonchev–Trinajstić information content (AvgIpc) is 2.54. The SMILES string of the molecule is CCOC(=O)C(Oc1ccc(CC)cc1)c1ccccc1. The third kappa shape index (κ3) is 4.09. The quantitative estimate of drug-likeness (QED) is 0.754. The minimum absolute atomic E-state index is 0.334. The molecule has 0 bridgehead atoms. The number of aryl methyl sites for hydroxylation is 1. The smallest absolute Gasteiger partial charge is 0.352 e. The second-order valence-corrected chi connectivity index (χ2v) is 4.66. The number of ether oxygens (including phenoxy) is 2. The van der Waals surface area contributed by atoms with Gasteiger partial charge in [-0.3, -0.25) is 0 Å². The minimum atomic E-state index is -0.737. The maximum absolute atomic E-state index is 12.1. The van der Waals surface area contributed by atoms with Crippen molar-refractivity contribution in [2.24, 2.45) is 0 Å². The molecule has 0 amide bonds. The summed E-state index contributed by atoms with van der Waals surface area (Å²) in [4.78, 5) is 12.1. The van der Waals surface area contributed by atoms with Crippen LogP contribution in [0.5, 0.6) is 5.75 Å². The molecule has 0 fully saturated rings. The summed E-state index contributed by atoms with van der Waals surface area (Å²) in [6.07, 6.45) is 0.235. The van der Waals surface area contributed by atoms with Gasteiger partial charge < -0.3 is 9.47 Å². The molecule has 0 radical (unpaired) electrons. The monoisotopic (exact) mass is 284 g/mol. The van der Waals surface area contributed by atoms with Gasteiger partial charge in [0, 0.05) is 5.56 Å². The average molecular weight is 284 g/mol. The zero-order chi connectivity index (χ0) is 15.1. The molecule has 0 aliphatic heterocycles. The van der Waals surface area contributed by atoms with Crippen molar-refractivity contribution in [3.8, 4) is 5.75 Å². The lowest BCUT2D eigenvalue weighted by atomic mass is 10.1. The van der Waals surface area contributed by atoms with Gasteiger partial charge in [-0.05, 0) is 31.0 Å². The van der Waals surface area contributed by atoms with Gasteiger partial charge in [-0.15, -0.1) is 0 Å². The summed E-state index contributed by atoms with van der Waals surface area (Å²) in [5, 5.41) is 0. The van der Waals surface area contributed by atoms with Gasteiger partial charge in [-0.1, -0.05) is 49.4 Å². The lowest BCUT2D eigenvalue weighted by molar-refractivity contribution is -0.151. The van der Waals surface area contributed by atoms with Crippen molar-refractivity contribution >= 4 is 5.97 Å². The van der Waals surface area contributed by atoms with Crippen LogP contribution < -0.4 is 4.74 Å². The number of esters is 1. The molecule has 3 nitrogen and oxygen atoms in total. The van der Waals surface area contributed by atoms with Gasteiger partial charge >= 0.3 is 5.97 Å². The van der Waals surface area contributed by atoms with Crippen LogP contribution in [-0.4, -0.2) is 12.6 Å². The number of benzene rings is 2. The Morgan fingerprint density at radius 1 is 1.00 bits per heavy atom. The highest BCUT2D eigenvalue weighted by Gasteiger charge is 2.23. The van der Waals surface area contributed by atoms with E-state index in [1.807, 2.05) is 54.6 Å². The van der Waals surface area contributed by atoms with Crippen LogP contribution in [0, 0.1) is 0 Å². The van der Waals surface area contributed by atoms with E-state index in [2.05, 4.69) is 6.92 Å². The first-order valence-corrected chi connectivity index (χ1v) is 7.21. The molecular formula is C18H20O3.